The quantitative estimate of drug-likeness (QED) is 0.669. The smallest absolute Gasteiger partial charge is 0.415 e. The molecule has 0 spiro atoms. The van der Waals surface area contributed by atoms with Gasteiger partial charge in [-0.15, -0.1) is 0 Å². The number of amides is 3. The number of imide groups is 1. The minimum absolute atomic E-state index is 0.172. The van der Waals surface area contributed by atoms with Gasteiger partial charge in [0, 0.05) is 19.6 Å². The fourth-order valence-corrected chi connectivity index (χ4v) is 1.28. The third-order valence-corrected chi connectivity index (χ3v) is 2.06. The number of carboxylic acid groups (broad SMARTS) is 1. The van der Waals surface area contributed by atoms with Crippen LogP contribution in [-0.2, 0) is 4.74 Å². The van der Waals surface area contributed by atoms with Gasteiger partial charge in [0.1, 0.15) is 0 Å². The highest BCUT2D eigenvalue weighted by atomic mass is 16.5. The van der Waals surface area contributed by atoms with Crippen LogP contribution in [0.4, 0.5) is 9.59 Å². The van der Waals surface area contributed by atoms with E-state index in [1.54, 1.807) is 6.92 Å². The topological polar surface area (TPSA) is 70.1 Å². The molecule has 80 valence electrons. The van der Waals surface area contributed by atoms with Gasteiger partial charge < -0.3 is 14.7 Å². The molecule has 0 radical (unpaired) electrons. The molecule has 14 heavy (non-hydrogen) atoms. The molecule has 6 heteroatoms. The van der Waals surface area contributed by atoms with E-state index >= 15 is 0 Å². The molecule has 1 aliphatic rings. The number of urea groups is 1. The standard InChI is InChI=1S/C8H14N2O4/c1-2-10(8(12)13)7(11)9-3-5-14-6-4-9/h2-6H2,1H3,(H,12,13). The predicted molar refractivity (Wildman–Crippen MR) is 48.2 cm³/mol. The average molecular weight is 202 g/mol. The van der Waals surface area contributed by atoms with E-state index in [1.807, 2.05) is 0 Å². The second kappa shape index (κ2) is 4.80. The first-order chi connectivity index (χ1) is 6.66. The lowest BCUT2D eigenvalue weighted by Crippen LogP contribution is -2.49. The van der Waals surface area contributed by atoms with E-state index in [4.69, 9.17) is 9.84 Å². The second-order valence-electron chi connectivity index (χ2n) is 2.91. The maximum absolute atomic E-state index is 11.6. The van der Waals surface area contributed by atoms with Crippen LogP contribution in [0, 0.1) is 0 Å². The second-order valence-corrected chi connectivity index (χ2v) is 2.91. The van der Waals surface area contributed by atoms with Crippen molar-refractivity contribution in [1.82, 2.24) is 9.80 Å². The summed E-state index contributed by atoms with van der Waals surface area (Å²) >= 11 is 0. The monoisotopic (exact) mass is 202 g/mol. The first-order valence-corrected chi connectivity index (χ1v) is 4.54. The molecule has 1 fully saturated rings. The van der Waals surface area contributed by atoms with Gasteiger partial charge in [0.15, 0.2) is 0 Å². The van der Waals surface area contributed by atoms with Gasteiger partial charge in [-0.1, -0.05) is 0 Å². The summed E-state index contributed by atoms with van der Waals surface area (Å²) in [6.07, 6.45) is -1.20. The molecule has 1 saturated heterocycles. The zero-order valence-electron chi connectivity index (χ0n) is 8.10. The van der Waals surface area contributed by atoms with Gasteiger partial charge in [-0.05, 0) is 6.92 Å². The average Bonchev–Trinajstić information content (AvgIpc) is 2.19. The number of ether oxygens (including phenoxy) is 1. The van der Waals surface area contributed by atoms with E-state index in [-0.39, 0.29) is 6.54 Å². The fourth-order valence-electron chi connectivity index (χ4n) is 1.28. The van der Waals surface area contributed by atoms with Crippen LogP contribution in [0.3, 0.4) is 0 Å². The van der Waals surface area contributed by atoms with Gasteiger partial charge in [-0.2, -0.15) is 0 Å². The molecule has 0 aromatic rings. The molecule has 0 unspecified atom stereocenters. The third kappa shape index (κ3) is 2.35. The number of hydrogen-bond acceptors (Lipinski definition) is 3. The lowest BCUT2D eigenvalue weighted by molar-refractivity contribution is 0.0439. The molecule has 1 heterocycles. The third-order valence-electron chi connectivity index (χ3n) is 2.06. The number of carbonyl (C=O) groups is 2. The number of rotatable bonds is 1. The van der Waals surface area contributed by atoms with Gasteiger partial charge in [0.25, 0.3) is 0 Å². The van der Waals surface area contributed by atoms with Crippen molar-refractivity contribution in [1.29, 1.82) is 0 Å². The molecule has 3 amide bonds. The molecule has 6 nitrogen and oxygen atoms in total. The molecule has 1 rings (SSSR count). The normalized spacial score (nSPS) is 16.5. The SMILES string of the molecule is CCN(C(=O)O)C(=O)N1CCOCC1. The first-order valence-electron chi connectivity index (χ1n) is 4.54. The Bertz CT molecular complexity index is 225. The molecule has 1 aliphatic heterocycles. The van der Waals surface area contributed by atoms with Crippen LogP contribution in [0.2, 0.25) is 0 Å². The van der Waals surface area contributed by atoms with E-state index in [0.717, 1.165) is 4.90 Å². The minimum Gasteiger partial charge on any atom is -0.465 e. The largest absolute Gasteiger partial charge is 0.465 e. The predicted octanol–water partition coefficient (Wildman–Crippen LogP) is 0.439. The number of nitrogens with zero attached hydrogens (tertiary/aromatic N) is 2. The zero-order chi connectivity index (χ0) is 10.6. The highest BCUT2D eigenvalue weighted by Gasteiger charge is 2.25. The van der Waals surface area contributed by atoms with E-state index in [1.165, 1.54) is 4.90 Å². The molecule has 0 atom stereocenters. The van der Waals surface area contributed by atoms with Crippen molar-refractivity contribution < 1.29 is 19.4 Å². The summed E-state index contributed by atoms with van der Waals surface area (Å²) in [4.78, 5) is 24.5. The summed E-state index contributed by atoms with van der Waals surface area (Å²) in [6.45, 7) is 3.68. The summed E-state index contributed by atoms with van der Waals surface area (Å²) in [6, 6.07) is -0.455. The Labute approximate surface area is 82.0 Å². The van der Waals surface area contributed by atoms with Gasteiger partial charge >= 0.3 is 12.1 Å². The molecule has 1 N–H and O–H groups in total. The van der Waals surface area contributed by atoms with Crippen molar-refractivity contribution in [2.75, 3.05) is 32.8 Å². The Morgan fingerprint density at radius 3 is 2.43 bits per heavy atom. The van der Waals surface area contributed by atoms with Crippen molar-refractivity contribution in [2.45, 2.75) is 6.92 Å². The Balaban J connectivity index is 2.56. The molecule has 0 aromatic carbocycles. The van der Waals surface area contributed by atoms with E-state index in [2.05, 4.69) is 0 Å². The summed E-state index contributed by atoms with van der Waals surface area (Å²) in [5, 5.41) is 8.72. The van der Waals surface area contributed by atoms with Crippen LogP contribution in [0.25, 0.3) is 0 Å². The van der Waals surface area contributed by atoms with Gasteiger partial charge in [-0.3, -0.25) is 0 Å². The molecular weight excluding hydrogens is 188 g/mol. The molecular formula is C8H14N2O4. The molecule has 0 aromatic heterocycles. The van der Waals surface area contributed by atoms with Crippen molar-refractivity contribution in [3.05, 3.63) is 0 Å². The Hall–Kier alpha value is -1.30. The van der Waals surface area contributed by atoms with Gasteiger partial charge in [-0.25, -0.2) is 14.5 Å². The minimum atomic E-state index is -1.20. The van der Waals surface area contributed by atoms with Crippen molar-refractivity contribution in [2.24, 2.45) is 0 Å². The summed E-state index contributed by atoms with van der Waals surface area (Å²) < 4.78 is 5.06. The number of morpholine rings is 1. The van der Waals surface area contributed by atoms with E-state index in [0.29, 0.717) is 26.3 Å². The van der Waals surface area contributed by atoms with Crippen molar-refractivity contribution >= 4 is 12.1 Å². The van der Waals surface area contributed by atoms with E-state index in [9.17, 15) is 9.59 Å². The van der Waals surface area contributed by atoms with Crippen LogP contribution in [-0.4, -0.2) is 59.9 Å². The lowest BCUT2D eigenvalue weighted by atomic mass is 10.4. The number of carbonyl (C=O) groups excluding carboxylic acids is 1. The highest BCUT2D eigenvalue weighted by molar-refractivity contribution is 5.90. The van der Waals surface area contributed by atoms with Crippen LogP contribution < -0.4 is 0 Å². The molecule has 0 aliphatic carbocycles. The Morgan fingerprint density at radius 1 is 1.43 bits per heavy atom. The van der Waals surface area contributed by atoms with Crippen LogP contribution >= 0.6 is 0 Å². The van der Waals surface area contributed by atoms with Gasteiger partial charge in [0.2, 0.25) is 0 Å². The first kappa shape index (κ1) is 10.8. The van der Waals surface area contributed by atoms with E-state index < -0.39 is 12.1 Å². The van der Waals surface area contributed by atoms with Crippen molar-refractivity contribution in [3.8, 4) is 0 Å². The maximum Gasteiger partial charge on any atom is 0.415 e. The fraction of sp³-hybridized carbons (Fsp3) is 0.750. The maximum atomic E-state index is 11.6. The molecule has 0 saturated carbocycles. The summed E-state index contributed by atoms with van der Waals surface area (Å²) in [5.41, 5.74) is 0. The number of hydrogen-bond donors (Lipinski definition) is 1. The lowest BCUT2D eigenvalue weighted by Gasteiger charge is -2.30. The highest BCUT2D eigenvalue weighted by Crippen LogP contribution is 2.03. The molecule has 0 bridgehead atoms. The Kier molecular flexibility index (Phi) is 3.70. The van der Waals surface area contributed by atoms with Crippen LogP contribution in [0.15, 0.2) is 0 Å². The summed E-state index contributed by atoms with van der Waals surface area (Å²) in [7, 11) is 0. The van der Waals surface area contributed by atoms with Crippen LogP contribution in [0.1, 0.15) is 6.92 Å². The zero-order valence-corrected chi connectivity index (χ0v) is 8.10. The van der Waals surface area contributed by atoms with Gasteiger partial charge in [0.05, 0.1) is 13.2 Å². The summed E-state index contributed by atoms with van der Waals surface area (Å²) in [5.74, 6) is 0. The Morgan fingerprint density at radius 2 is 2.00 bits per heavy atom. The van der Waals surface area contributed by atoms with Crippen molar-refractivity contribution in [3.63, 3.8) is 0 Å². The van der Waals surface area contributed by atoms with Crippen LogP contribution in [0.5, 0.6) is 0 Å².